The van der Waals surface area contributed by atoms with Crippen molar-refractivity contribution in [2.45, 2.75) is 39.7 Å². The maximum Gasteiger partial charge on any atom is 0.204 e. The Balaban J connectivity index is 2.42. The highest BCUT2D eigenvalue weighted by Gasteiger charge is 2.23. The van der Waals surface area contributed by atoms with Gasteiger partial charge < -0.3 is 29.2 Å². The summed E-state index contributed by atoms with van der Waals surface area (Å²) >= 11 is 0. The molecule has 0 radical (unpaired) electrons. The molecular formula is C25H28O7. The van der Waals surface area contributed by atoms with Gasteiger partial charge in [0.15, 0.2) is 11.5 Å². The van der Waals surface area contributed by atoms with Crippen LogP contribution in [0.5, 0.6) is 23.0 Å². The van der Waals surface area contributed by atoms with Crippen molar-refractivity contribution in [2.75, 3.05) is 14.2 Å². The van der Waals surface area contributed by atoms with Gasteiger partial charge in [-0.1, -0.05) is 17.7 Å². The van der Waals surface area contributed by atoms with E-state index in [0.717, 1.165) is 5.57 Å². The molecule has 0 atom stereocenters. The second-order valence-corrected chi connectivity index (χ2v) is 8.37. The molecule has 1 heterocycles. The Bertz CT molecular complexity index is 1310. The van der Waals surface area contributed by atoms with Gasteiger partial charge in [0.25, 0.3) is 0 Å². The molecule has 0 aliphatic rings. The number of ether oxygens (including phenoxy) is 2. The van der Waals surface area contributed by atoms with Crippen LogP contribution in [-0.2, 0) is 11.2 Å². The van der Waals surface area contributed by atoms with Gasteiger partial charge in [0, 0.05) is 24.8 Å². The molecule has 0 amide bonds. The summed E-state index contributed by atoms with van der Waals surface area (Å²) in [5.41, 5.74) is 0.531. The number of aromatic hydroxyl groups is 3. The first kappa shape index (κ1) is 23.2. The van der Waals surface area contributed by atoms with Gasteiger partial charge in [-0.15, -0.1) is 0 Å². The van der Waals surface area contributed by atoms with Gasteiger partial charge in [-0.25, -0.2) is 0 Å². The molecule has 0 saturated carbocycles. The minimum atomic E-state index is -0.649. The fourth-order valence-electron chi connectivity index (χ4n) is 3.44. The number of rotatable bonds is 6. The summed E-state index contributed by atoms with van der Waals surface area (Å²) in [6.45, 7) is 7.47. The molecule has 3 rings (SSSR count). The van der Waals surface area contributed by atoms with Crippen molar-refractivity contribution in [3.8, 4) is 23.0 Å². The van der Waals surface area contributed by atoms with E-state index >= 15 is 0 Å². The molecule has 0 bridgehead atoms. The molecule has 3 aromatic rings. The maximum atomic E-state index is 13.6. The van der Waals surface area contributed by atoms with Gasteiger partial charge in [0.05, 0.1) is 23.7 Å². The predicted octanol–water partition coefficient (Wildman–Crippen LogP) is 5.02. The van der Waals surface area contributed by atoms with Crippen LogP contribution in [0.2, 0.25) is 0 Å². The predicted molar refractivity (Wildman–Crippen MR) is 125 cm³/mol. The van der Waals surface area contributed by atoms with Crippen LogP contribution in [0.3, 0.4) is 0 Å². The van der Waals surface area contributed by atoms with E-state index in [0.29, 0.717) is 12.0 Å². The average molecular weight is 440 g/mol. The van der Waals surface area contributed by atoms with E-state index in [1.54, 1.807) is 13.2 Å². The van der Waals surface area contributed by atoms with Crippen molar-refractivity contribution < 1.29 is 29.2 Å². The molecule has 0 spiro atoms. The third-order valence-corrected chi connectivity index (χ3v) is 5.37. The van der Waals surface area contributed by atoms with E-state index < -0.39 is 16.8 Å². The zero-order valence-corrected chi connectivity index (χ0v) is 19.1. The Labute approximate surface area is 185 Å². The van der Waals surface area contributed by atoms with Gasteiger partial charge in [-0.3, -0.25) is 4.79 Å². The summed E-state index contributed by atoms with van der Waals surface area (Å²) in [5.74, 6) is -0.668. The van der Waals surface area contributed by atoms with Crippen molar-refractivity contribution >= 4 is 28.0 Å². The van der Waals surface area contributed by atoms with Crippen LogP contribution >= 0.6 is 0 Å². The molecule has 7 heteroatoms. The lowest BCUT2D eigenvalue weighted by Crippen LogP contribution is -2.18. The molecule has 0 saturated heterocycles. The van der Waals surface area contributed by atoms with Crippen LogP contribution in [0, 0.1) is 0 Å². The van der Waals surface area contributed by atoms with Crippen molar-refractivity contribution in [3.63, 3.8) is 0 Å². The van der Waals surface area contributed by atoms with Crippen LogP contribution in [0.1, 0.15) is 38.8 Å². The van der Waals surface area contributed by atoms with Gasteiger partial charge >= 0.3 is 0 Å². The lowest BCUT2D eigenvalue weighted by atomic mass is 9.99. The maximum absolute atomic E-state index is 13.6. The molecule has 3 N–H and O–H groups in total. The van der Waals surface area contributed by atoms with E-state index in [1.165, 1.54) is 25.3 Å². The van der Waals surface area contributed by atoms with Gasteiger partial charge in [0.2, 0.25) is 5.43 Å². The molecule has 0 aliphatic heterocycles. The Morgan fingerprint density at radius 3 is 2.28 bits per heavy atom. The van der Waals surface area contributed by atoms with E-state index in [1.807, 2.05) is 33.8 Å². The molecule has 7 nitrogen and oxygen atoms in total. The summed E-state index contributed by atoms with van der Waals surface area (Å²) in [6.07, 6.45) is 5.38. The largest absolute Gasteiger partial charge is 0.507 e. The number of phenolic OH excluding ortho intramolecular Hbond substituents is 3. The Hall–Kier alpha value is -3.45. The summed E-state index contributed by atoms with van der Waals surface area (Å²) in [7, 11) is 2.95. The average Bonchev–Trinajstić information content (AvgIpc) is 2.71. The van der Waals surface area contributed by atoms with E-state index in [-0.39, 0.29) is 44.8 Å². The number of benzene rings is 2. The second-order valence-electron chi connectivity index (χ2n) is 8.37. The van der Waals surface area contributed by atoms with Gasteiger partial charge in [0.1, 0.15) is 28.1 Å². The van der Waals surface area contributed by atoms with Crippen LogP contribution in [0.25, 0.3) is 28.0 Å². The molecule has 32 heavy (non-hydrogen) atoms. The molecule has 0 aliphatic carbocycles. The van der Waals surface area contributed by atoms with E-state index in [2.05, 4.69) is 0 Å². The lowest BCUT2D eigenvalue weighted by Gasteiger charge is -2.18. The zero-order chi connectivity index (χ0) is 23.8. The van der Waals surface area contributed by atoms with Crippen LogP contribution in [0.15, 0.2) is 39.1 Å². The van der Waals surface area contributed by atoms with E-state index in [9.17, 15) is 20.1 Å². The fourth-order valence-corrected chi connectivity index (χ4v) is 3.44. The van der Waals surface area contributed by atoms with Crippen molar-refractivity contribution in [1.29, 1.82) is 0 Å². The second kappa shape index (κ2) is 8.59. The summed E-state index contributed by atoms with van der Waals surface area (Å²) in [4.78, 5) is 13.6. The molecule has 2 aromatic carbocycles. The number of methoxy groups -OCH3 is 2. The Morgan fingerprint density at radius 1 is 1.06 bits per heavy atom. The van der Waals surface area contributed by atoms with Crippen LogP contribution in [0.4, 0.5) is 0 Å². The summed E-state index contributed by atoms with van der Waals surface area (Å²) in [6, 6.07) is 2.57. The van der Waals surface area contributed by atoms with Crippen molar-refractivity contribution in [3.05, 3.63) is 51.2 Å². The van der Waals surface area contributed by atoms with Crippen molar-refractivity contribution in [1.82, 2.24) is 0 Å². The summed E-state index contributed by atoms with van der Waals surface area (Å²) < 4.78 is 16.5. The monoisotopic (exact) mass is 440 g/mol. The topological polar surface area (TPSA) is 109 Å². The zero-order valence-electron chi connectivity index (χ0n) is 19.1. The smallest absolute Gasteiger partial charge is 0.204 e. The number of hydrogen-bond donors (Lipinski definition) is 3. The number of phenols is 3. The Morgan fingerprint density at radius 2 is 1.69 bits per heavy atom. The lowest BCUT2D eigenvalue weighted by molar-refractivity contribution is 0.0663. The number of allylic oxidation sites excluding steroid dienone is 2. The summed E-state index contributed by atoms with van der Waals surface area (Å²) in [5, 5.41) is 31.9. The molecule has 1 aromatic heterocycles. The molecular weight excluding hydrogens is 412 g/mol. The number of fused-ring (bicyclic) bond motifs is 2. The van der Waals surface area contributed by atoms with Crippen LogP contribution in [-0.4, -0.2) is 35.1 Å². The number of hydrogen-bond acceptors (Lipinski definition) is 7. The minimum Gasteiger partial charge on any atom is -0.507 e. The van der Waals surface area contributed by atoms with Crippen molar-refractivity contribution in [2.24, 2.45) is 0 Å². The molecule has 170 valence electrons. The molecule has 0 fully saturated rings. The minimum absolute atomic E-state index is 0.00150. The standard InChI is InChI=1S/C25H28O7/c1-13(2)7-8-15-20-18(12-17(27)24(15)30-5)32-19-11-16(26)14(9-10-25(3,4)31-6)22(28)21(19)23(20)29/h7,9-12,26-28H,8H2,1-6H3/b10-9+. The third-order valence-electron chi connectivity index (χ3n) is 5.37. The third kappa shape index (κ3) is 4.16. The normalized spacial score (nSPS) is 12.1. The SMILES string of the molecule is COc1c(O)cc2oc3cc(O)c(/C=C/C(C)(C)OC)c(O)c3c(=O)c2c1CC=C(C)C. The highest BCUT2D eigenvalue weighted by Crippen LogP contribution is 2.41. The molecule has 0 unspecified atom stereocenters. The fraction of sp³-hybridized carbons (Fsp3) is 0.320. The Kier molecular flexibility index (Phi) is 6.23. The highest BCUT2D eigenvalue weighted by atomic mass is 16.5. The van der Waals surface area contributed by atoms with E-state index in [4.69, 9.17) is 13.9 Å². The first-order valence-corrected chi connectivity index (χ1v) is 10.1. The van der Waals surface area contributed by atoms with Gasteiger partial charge in [-0.2, -0.15) is 0 Å². The first-order valence-electron chi connectivity index (χ1n) is 10.1. The van der Waals surface area contributed by atoms with Crippen LogP contribution < -0.4 is 10.2 Å². The highest BCUT2D eigenvalue weighted by molar-refractivity contribution is 5.99. The quantitative estimate of drug-likeness (QED) is 0.365. The van der Waals surface area contributed by atoms with Gasteiger partial charge in [-0.05, 0) is 40.2 Å². The first-order chi connectivity index (χ1) is 15.0.